The third-order valence-corrected chi connectivity index (χ3v) is 7.61. The molecule has 2 saturated heterocycles. The van der Waals surface area contributed by atoms with Crippen molar-refractivity contribution in [3.05, 3.63) is 23.7 Å². The van der Waals surface area contributed by atoms with Gasteiger partial charge in [0, 0.05) is 44.3 Å². The van der Waals surface area contributed by atoms with E-state index in [-0.39, 0.29) is 24.7 Å². The number of nitrogens with one attached hydrogen (secondary N) is 1. The van der Waals surface area contributed by atoms with Crippen LogP contribution in [0.5, 0.6) is 0 Å². The van der Waals surface area contributed by atoms with E-state index in [0.29, 0.717) is 24.9 Å². The zero-order valence-electron chi connectivity index (χ0n) is 19.1. The summed E-state index contributed by atoms with van der Waals surface area (Å²) < 4.78 is 46.9. The molecule has 4 heterocycles. The van der Waals surface area contributed by atoms with Gasteiger partial charge in [0.1, 0.15) is 11.3 Å². The van der Waals surface area contributed by atoms with E-state index in [1.165, 1.54) is 5.56 Å². The molecule has 1 amide bonds. The summed E-state index contributed by atoms with van der Waals surface area (Å²) in [5.41, 5.74) is 2.95. The first-order valence-electron chi connectivity index (χ1n) is 12.3. The number of H-pyrrole nitrogens is 1. The lowest BCUT2D eigenvalue weighted by Crippen LogP contribution is -2.45. The number of carbonyl (C=O) groups excluding carboxylic acids is 1. The van der Waals surface area contributed by atoms with E-state index >= 15 is 0 Å². The second-order valence-electron chi connectivity index (χ2n) is 9.74. The molecular formula is C24H31F3N4O3. The fourth-order valence-electron chi connectivity index (χ4n) is 5.73. The van der Waals surface area contributed by atoms with E-state index in [1.54, 1.807) is 4.90 Å². The molecule has 10 heteroatoms. The Kier molecular flexibility index (Phi) is 6.79. The Hall–Kier alpha value is -2.20. The number of ether oxygens (including phenoxy) is 2. The Bertz CT molecular complexity index is 989. The molecule has 0 unspecified atom stereocenters. The number of halogens is 3. The van der Waals surface area contributed by atoms with Crippen LogP contribution in [0.2, 0.25) is 0 Å². The highest BCUT2D eigenvalue weighted by atomic mass is 19.4. The summed E-state index contributed by atoms with van der Waals surface area (Å²) in [7, 11) is 0. The van der Waals surface area contributed by atoms with Crippen LogP contribution in [0, 0.1) is 5.92 Å². The molecule has 34 heavy (non-hydrogen) atoms. The molecule has 186 valence electrons. The highest BCUT2D eigenvalue weighted by Gasteiger charge is 2.37. The highest BCUT2D eigenvalue weighted by Crippen LogP contribution is 2.39. The number of likely N-dealkylation sites (tertiary alicyclic amines) is 1. The zero-order chi connectivity index (χ0) is 23.7. The van der Waals surface area contributed by atoms with Crippen LogP contribution in [0.25, 0.3) is 11.2 Å². The first-order chi connectivity index (χ1) is 16.4. The maximum atomic E-state index is 13.0. The number of hydrogen-bond donors (Lipinski definition) is 1. The van der Waals surface area contributed by atoms with E-state index in [9.17, 15) is 18.0 Å². The maximum Gasteiger partial charge on any atom is 0.522 e. The van der Waals surface area contributed by atoms with Crippen LogP contribution >= 0.6 is 0 Å². The third kappa shape index (κ3) is 5.22. The number of aromatic amines is 1. The van der Waals surface area contributed by atoms with Gasteiger partial charge in [-0.15, -0.1) is 13.2 Å². The summed E-state index contributed by atoms with van der Waals surface area (Å²) in [6, 6.07) is 2.05. The molecule has 1 aliphatic carbocycles. The second kappa shape index (κ2) is 9.81. The first kappa shape index (κ1) is 23.5. The minimum atomic E-state index is -4.62. The third-order valence-electron chi connectivity index (χ3n) is 7.61. The molecule has 0 atom stereocenters. The smallest absolute Gasteiger partial charge is 0.381 e. The largest absolute Gasteiger partial charge is 0.522 e. The lowest BCUT2D eigenvalue weighted by Gasteiger charge is -2.36. The van der Waals surface area contributed by atoms with E-state index in [1.807, 2.05) is 6.20 Å². The molecule has 0 bridgehead atoms. The molecule has 3 aliphatic rings. The lowest BCUT2D eigenvalue weighted by molar-refractivity contribution is -0.345. The summed E-state index contributed by atoms with van der Waals surface area (Å²) in [5.74, 6) is 1.69. The van der Waals surface area contributed by atoms with Crippen LogP contribution in [0.15, 0.2) is 12.3 Å². The van der Waals surface area contributed by atoms with Gasteiger partial charge in [0.2, 0.25) is 5.91 Å². The quantitative estimate of drug-likeness (QED) is 0.689. The van der Waals surface area contributed by atoms with E-state index in [0.717, 1.165) is 68.7 Å². The Balaban J connectivity index is 1.18. The molecule has 7 nitrogen and oxygen atoms in total. The number of pyridine rings is 1. The van der Waals surface area contributed by atoms with Crippen molar-refractivity contribution in [2.24, 2.45) is 5.92 Å². The number of nitrogens with zero attached hydrogens (tertiary/aromatic N) is 3. The van der Waals surface area contributed by atoms with Crippen molar-refractivity contribution in [3.8, 4) is 0 Å². The van der Waals surface area contributed by atoms with Crippen LogP contribution in [0.3, 0.4) is 0 Å². The minimum Gasteiger partial charge on any atom is -0.381 e. The molecule has 0 radical (unpaired) electrons. The maximum absolute atomic E-state index is 13.0. The van der Waals surface area contributed by atoms with Gasteiger partial charge in [-0.2, -0.15) is 0 Å². The number of rotatable bonds is 4. The van der Waals surface area contributed by atoms with Gasteiger partial charge in [-0.25, -0.2) is 9.97 Å². The topological polar surface area (TPSA) is 80.3 Å². The first-order valence-corrected chi connectivity index (χ1v) is 12.3. The van der Waals surface area contributed by atoms with Crippen LogP contribution in [0.1, 0.15) is 74.6 Å². The van der Waals surface area contributed by atoms with E-state index in [4.69, 9.17) is 9.72 Å². The van der Waals surface area contributed by atoms with Crippen LogP contribution in [-0.4, -0.2) is 64.5 Å². The molecule has 1 saturated carbocycles. The standard InChI is InChI=1S/C24H31F3N4O3/c25-24(26,27)34-18-6-11-31(12-7-18)23(32)17-3-1-15(2-4-17)19-5-10-28-22-20(19)29-21(30-22)16-8-13-33-14-9-16/h5,10,15-18H,1-4,6-9,11-14H2,(H,28,29,30)/t15-,17+. The average molecular weight is 481 g/mol. The molecule has 2 aliphatic heterocycles. The molecular weight excluding hydrogens is 449 g/mol. The van der Waals surface area contributed by atoms with Crippen LogP contribution < -0.4 is 0 Å². The summed E-state index contributed by atoms with van der Waals surface area (Å²) in [6.45, 7) is 2.17. The molecule has 2 aromatic rings. The van der Waals surface area contributed by atoms with Crippen LogP contribution in [-0.2, 0) is 14.3 Å². The summed E-state index contributed by atoms with van der Waals surface area (Å²) in [5, 5.41) is 0. The monoisotopic (exact) mass is 480 g/mol. The zero-order valence-corrected chi connectivity index (χ0v) is 19.1. The predicted molar refractivity (Wildman–Crippen MR) is 118 cm³/mol. The van der Waals surface area contributed by atoms with E-state index < -0.39 is 12.5 Å². The summed E-state index contributed by atoms with van der Waals surface area (Å²) in [6.07, 6.45) is 2.08. The van der Waals surface area contributed by atoms with Crippen molar-refractivity contribution < 1.29 is 27.4 Å². The number of carbonyl (C=O) groups is 1. The highest BCUT2D eigenvalue weighted by molar-refractivity contribution is 5.79. The summed E-state index contributed by atoms with van der Waals surface area (Å²) in [4.78, 5) is 27.6. The number of fused-ring (bicyclic) bond motifs is 1. The minimum absolute atomic E-state index is 0.0642. The van der Waals surface area contributed by atoms with Gasteiger partial charge >= 0.3 is 6.36 Å². The number of aromatic nitrogens is 3. The fourth-order valence-corrected chi connectivity index (χ4v) is 5.73. The molecule has 3 fully saturated rings. The van der Waals surface area contributed by atoms with Gasteiger partial charge in [0.25, 0.3) is 0 Å². The molecule has 2 aromatic heterocycles. The summed E-state index contributed by atoms with van der Waals surface area (Å²) >= 11 is 0. The number of hydrogen-bond acceptors (Lipinski definition) is 5. The molecule has 1 N–H and O–H groups in total. The Morgan fingerprint density at radius 1 is 1.03 bits per heavy atom. The number of imidazole rings is 1. The number of amides is 1. The van der Waals surface area contributed by atoms with Crippen molar-refractivity contribution in [3.63, 3.8) is 0 Å². The molecule has 0 aromatic carbocycles. The predicted octanol–water partition coefficient (Wildman–Crippen LogP) is 4.65. The van der Waals surface area contributed by atoms with Gasteiger partial charge in [0.05, 0.1) is 6.10 Å². The second-order valence-corrected chi connectivity index (χ2v) is 9.74. The Morgan fingerprint density at radius 3 is 2.41 bits per heavy atom. The SMILES string of the molecule is O=C([C@H]1CC[C@@H](c2ccnc3[nH]c(C4CCOCC4)nc32)CC1)N1CCC(OC(F)(F)F)CC1. The van der Waals surface area contributed by atoms with Gasteiger partial charge < -0.3 is 14.6 Å². The van der Waals surface area contributed by atoms with Crippen LogP contribution in [0.4, 0.5) is 13.2 Å². The normalized spacial score (nSPS) is 25.7. The van der Waals surface area contributed by atoms with Crippen molar-refractivity contribution >= 4 is 17.1 Å². The van der Waals surface area contributed by atoms with Crippen molar-refractivity contribution in [2.75, 3.05) is 26.3 Å². The van der Waals surface area contributed by atoms with E-state index in [2.05, 4.69) is 20.8 Å². The fraction of sp³-hybridized carbons (Fsp3) is 0.708. The van der Waals surface area contributed by atoms with Crippen molar-refractivity contribution in [1.29, 1.82) is 0 Å². The van der Waals surface area contributed by atoms with Gasteiger partial charge in [-0.3, -0.25) is 9.53 Å². The van der Waals surface area contributed by atoms with Gasteiger partial charge in [0.15, 0.2) is 5.65 Å². The van der Waals surface area contributed by atoms with Crippen molar-refractivity contribution in [2.45, 2.75) is 75.7 Å². The molecule has 0 spiro atoms. The van der Waals surface area contributed by atoms with Gasteiger partial charge in [-0.05, 0) is 68.9 Å². The average Bonchev–Trinajstić information content (AvgIpc) is 3.28. The lowest BCUT2D eigenvalue weighted by atomic mass is 9.78. The number of piperidine rings is 1. The Morgan fingerprint density at radius 2 is 1.74 bits per heavy atom. The van der Waals surface area contributed by atoms with Crippen molar-refractivity contribution in [1.82, 2.24) is 19.9 Å². The molecule has 5 rings (SSSR count). The Labute approximate surface area is 196 Å². The van der Waals surface area contributed by atoms with Gasteiger partial charge in [-0.1, -0.05) is 0 Å². The number of alkyl halides is 3.